The van der Waals surface area contributed by atoms with Gasteiger partial charge in [-0.15, -0.1) is 0 Å². The number of nitrogens with one attached hydrogen (secondary N) is 2. The molecule has 3 atom stereocenters. The van der Waals surface area contributed by atoms with E-state index < -0.39 is 0 Å². The number of aromatic nitrogens is 1. The van der Waals surface area contributed by atoms with Gasteiger partial charge in [0, 0.05) is 25.0 Å². The first kappa shape index (κ1) is 18.0. The van der Waals surface area contributed by atoms with Gasteiger partial charge in [0.05, 0.1) is 18.8 Å². The van der Waals surface area contributed by atoms with Gasteiger partial charge in [0.2, 0.25) is 0 Å². The second kappa shape index (κ2) is 7.32. The maximum absolute atomic E-state index is 13.2. The van der Waals surface area contributed by atoms with Crippen LogP contribution in [0.4, 0.5) is 0 Å². The van der Waals surface area contributed by atoms with E-state index in [1.165, 1.54) is 5.56 Å². The highest BCUT2D eigenvalue weighted by molar-refractivity contribution is 5.96. The van der Waals surface area contributed by atoms with Gasteiger partial charge in [-0.1, -0.05) is 24.2 Å². The molecule has 7 heteroatoms. The summed E-state index contributed by atoms with van der Waals surface area (Å²) in [7, 11) is 1.68. The second-order valence-corrected chi connectivity index (χ2v) is 7.27. The largest absolute Gasteiger partial charge is 0.497 e. The van der Waals surface area contributed by atoms with Crippen molar-refractivity contribution < 1.29 is 14.1 Å². The molecule has 2 saturated heterocycles. The van der Waals surface area contributed by atoms with Crippen molar-refractivity contribution in [1.29, 1.82) is 0 Å². The molecule has 0 aliphatic carbocycles. The van der Waals surface area contributed by atoms with E-state index in [0.29, 0.717) is 36.2 Å². The second-order valence-electron chi connectivity index (χ2n) is 7.27. The number of piperidine rings is 1. The van der Waals surface area contributed by atoms with Gasteiger partial charge in [-0.05, 0) is 37.5 Å². The van der Waals surface area contributed by atoms with Crippen LogP contribution in [0.1, 0.15) is 46.8 Å². The van der Waals surface area contributed by atoms with Crippen molar-refractivity contribution in [2.75, 3.05) is 20.2 Å². The summed E-state index contributed by atoms with van der Waals surface area (Å²) in [5, 5.41) is 4.04. The monoisotopic (exact) mass is 370 g/mol. The number of hydrogen-bond acceptors (Lipinski definition) is 6. The molecule has 7 nitrogen and oxygen atoms in total. The summed E-state index contributed by atoms with van der Waals surface area (Å²) in [6.07, 6.45) is 1.60. The van der Waals surface area contributed by atoms with E-state index in [1.807, 2.05) is 30.9 Å². The number of benzene rings is 1. The zero-order chi connectivity index (χ0) is 19.0. The fourth-order valence-corrected chi connectivity index (χ4v) is 4.24. The molecule has 0 radical (unpaired) electrons. The number of ether oxygens (including phenoxy) is 1. The molecule has 2 aromatic rings. The Hall–Kier alpha value is -2.38. The Labute approximate surface area is 159 Å². The summed E-state index contributed by atoms with van der Waals surface area (Å²) in [5.41, 5.74) is 9.37. The summed E-state index contributed by atoms with van der Waals surface area (Å²) < 4.78 is 10.6. The average Bonchev–Trinajstić information content (AvgIpc) is 3.30. The quantitative estimate of drug-likeness (QED) is 0.859. The third-order valence-electron chi connectivity index (χ3n) is 5.73. The summed E-state index contributed by atoms with van der Waals surface area (Å²) >= 11 is 0. The molecule has 3 unspecified atom stereocenters. The molecular formula is C20H26N4O3. The highest BCUT2D eigenvalue weighted by Crippen LogP contribution is 2.35. The molecule has 2 N–H and O–H groups in total. The lowest BCUT2D eigenvalue weighted by molar-refractivity contribution is 0.0649. The van der Waals surface area contributed by atoms with Crippen LogP contribution >= 0.6 is 0 Å². The number of carbonyl (C=O) groups is 1. The van der Waals surface area contributed by atoms with Gasteiger partial charge in [0.25, 0.3) is 5.91 Å². The van der Waals surface area contributed by atoms with E-state index in [-0.39, 0.29) is 11.9 Å². The minimum Gasteiger partial charge on any atom is -0.497 e. The minimum absolute atomic E-state index is 0.0281. The SMILES string of the molecule is CCc1noc(C)c1C(=O)N1CCC2NNC(c3cccc(OC)c3)C2C1. The van der Waals surface area contributed by atoms with Crippen LogP contribution in [0.2, 0.25) is 0 Å². The van der Waals surface area contributed by atoms with E-state index >= 15 is 0 Å². The van der Waals surface area contributed by atoms with Crippen LogP contribution in [0.3, 0.4) is 0 Å². The third-order valence-corrected chi connectivity index (χ3v) is 5.73. The fraction of sp³-hybridized carbons (Fsp3) is 0.500. The summed E-state index contributed by atoms with van der Waals surface area (Å²) in [6.45, 7) is 5.22. The molecular weight excluding hydrogens is 344 g/mol. The summed E-state index contributed by atoms with van der Waals surface area (Å²) in [4.78, 5) is 15.1. The number of rotatable bonds is 4. The molecule has 0 bridgehead atoms. The van der Waals surface area contributed by atoms with Gasteiger partial charge in [0.15, 0.2) is 0 Å². The number of hydrazine groups is 1. The van der Waals surface area contributed by atoms with E-state index in [1.54, 1.807) is 7.11 Å². The first-order valence-electron chi connectivity index (χ1n) is 9.51. The Kier molecular flexibility index (Phi) is 4.88. The van der Waals surface area contributed by atoms with Crippen LogP contribution in [-0.4, -0.2) is 42.2 Å². The molecule has 144 valence electrons. The summed E-state index contributed by atoms with van der Waals surface area (Å²) in [5.74, 6) is 1.76. The number of fused-ring (bicyclic) bond motifs is 1. The Balaban J connectivity index is 1.56. The number of likely N-dealkylation sites (tertiary alicyclic amines) is 1. The average molecular weight is 370 g/mol. The van der Waals surface area contributed by atoms with Crippen LogP contribution in [-0.2, 0) is 6.42 Å². The van der Waals surface area contributed by atoms with Gasteiger partial charge < -0.3 is 14.2 Å². The van der Waals surface area contributed by atoms with Crippen molar-refractivity contribution >= 4 is 5.91 Å². The lowest BCUT2D eigenvalue weighted by Gasteiger charge is -2.36. The van der Waals surface area contributed by atoms with Gasteiger partial charge in [-0.25, -0.2) is 5.43 Å². The highest BCUT2D eigenvalue weighted by Gasteiger charge is 2.42. The van der Waals surface area contributed by atoms with Crippen molar-refractivity contribution in [3.8, 4) is 5.75 Å². The van der Waals surface area contributed by atoms with Crippen LogP contribution < -0.4 is 15.6 Å². The van der Waals surface area contributed by atoms with Crippen molar-refractivity contribution in [2.45, 2.75) is 38.8 Å². The molecule has 2 aliphatic rings. The fourth-order valence-electron chi connectivity index (χ4n) is 4.24. The molecule has 1 amide bonds. The predicted octanol–water partition coefficient (Wildman–Crippen LogP) is 2.23. The number of amides is 1. The first-order chi connectivity index (χ1) is 13.1. The maximum atomic E-state index is 13.2. The molecule has 27 heavy (non-hydrogen) atoms. The molecule has 0 spiro atoms. The van der Waals surface area contributed by atoms with Crippen molar-refractivity contribution in [2.24, 2.45) is 5.92 Å². The minimum atomic E-state index is 0.0281. The third kappa shape index (κ3) is 3.21. The number of aryl methyl sites for hydroxylation is 2. The molecule has 3 heterocycles. The van der Waals surface area contributed by atoms with E-state index in [0.717, 1.165) is 24.4 Å². The van der Waals surface area contributed by atoms with Gasteiger partial charge >= 0.3 is 0 Å². The first-order valence-corrected chi connectivity index (χ1v) is 9.51. The molecule has 1 aromatic carbocycles. The number of hydrogen-bond donors (Lipinski definition) is 2. The van der Waals surface area contributed by atoms with Crippen molar-refractivity contribution in [3.05, 3.63) is 46.8 Å². The zero-order valence-corrected chi connectivity index (χ0v) is 16.0. The van der Waals surface area contributed by atoms with Crippen molar-refractivity contribution in [1.82, 2.24) is 20.9 Å². The Morgan fingerprint density at radius 3 is 3.04 bits per heavy atom. The van der Waals surface area contributed by atoms with Crippen LogP contribution in [0.15, 0.2) is 28.8 Å². The van der Waals surface area contributed by atoms with Crippen LogP contribution in [0.5, 0.6) is 5.75 Å². The summed E-state index contributed by atoms with van der Waals surface area (Å²) in [6, 6.07) is 8.59. The van der Waals surface area contributed by atoms with Crippen LogP contribution in [0.25, 0.3) is 0 Å². The van der Waals surface area contributed by atoms with E-state index in [4.69, 9.17) is 9.26 Å². The molecule has 1 aromatic heterocycles. The maximum Gasteiger partial charge on any atom is 0.259 e. The number of methoxy groups -OCH3 is 1. The lowest BCUT2D eigenvalue weighted by Crippen LogP contribution is -2.48. The van der Waals surface area contributed by atoms with Gasteiger partial charge in [0.1, 0.15) is 17.1 Å². The van der Waals surface area contributed by atoms with Gasteiger partial charge in [-0.3, -0.25) is 10.2 Å². The van der Waals surface area contributed by atoms with Gasteiger partial charge in [-0.2, -0.15) is 0 Å². The van der Waals surface area contributed by atoms with Crippen LogP contribution in [0, 0.1) is 12.8 Å². The highest BCUT2D eigenvalue weighted by atomic mass is 16.5. The zero-order valence-electron chi connectivity index (χ0n) is 16.0. The van der Waals surface area contributed by atoms with E-state index in [2.05, 4.69) is 28.1 Å². The molecule has 4 rings (SSSR count). The number of nitrogens with zero attached hydrogens (tertiary/aromatic N) is 2. The van der Waals surface area contributed by atoms with E-state index in [9.17, 15) is 4.79 Å². The Morgan fingerprint density at radius 1 is 1.41 bits per heavy atom. The Bertz CT molecular complexity index is 834. The molecule has 2 aliphatic heterocycles. The topological polar surface area (TPSA) is 79.6 Å². The standard InChI is InChI=1S/C20H26N4O3/c1-4-16-18(12(2)27-23-16)20(25)24-9-8-17-15(11-24)19(22-21-17)13-6-5-7-14(10-13)26-3/h5-7,10,15,17,19,21-22H,4,8-9,11H2,1-3H3. The molecule has 2 fully saturated rings. The predicted molar refractivity (Wildman–Crippen MR) is 100 cm³/mol. The van der Waals surface area contributed by atoms with Crippen molar-refractivity contribution in [3.63, 3.8) is 0 Å². The Morgan fingerprint density at radius 2 is 2.26 bits per heavy atom. The normalized spacial score (nSPS) is 24.7. The molecule has 0 saturated carbocycles. The number of carbonyl (C=O) groups excluding carboxylic acids is 1. The smallest absolute Gasteiger partial charge is 0.259 e. The lowest BCUT2D eigenvalue weighted by atomic mass is 9.84.